The Morgan fingerprint density at radius 2 is 1.77 bits per heavy atom. The van der Waals surface area contributed by atoms with Crippen molar-refractivity contribution >= 4 is 17.8 Å². The van der Waals surface area contributed by atoms with Gasteiger partial charge in [-0.1, -0.05) is 20.3 Å². The first-order valence-electron chi connectivity index (χ1n) is 7.34. The molecule has 1 heterocycles. The van der Waals surface area contributed by atoms with E-state index in [9.17, 15) is 14.7 Å². The summed E-state index contributed by atoms with van der Waals surface area (Å²) in [5.41, 5.74) is -1.28. The number of carbonyl (C=O) groups is 2. The maximum Gasteiger partial charge on any atom is 1.00 e. The number of carbonyl (C=O) groups excluding carboxylic acids is 2. The number of imide groups is 1. The number of hydrogen-bond acceptors (Lipinski definition) is 5. The quantitative estimate of drug-likeness (QED) is 0.358. The molecule has 0 bridgehead atoms. The zero-order valence-electron chi connectivity index (χ0n) is 13.6. The first-order chi connectivity index (χ1) is 10.1. The normalized spacial score (nSPS) is 21.1. The largest absolute Gasteiger partial charge is 1.00 e. The third kappa shape index (κ3) is 5.96. The fourth-order valence-corrected chi connectivity index (χ4v) is 2.06. The van der Waals surface area contributed by atoms with E-state index in [2.05, 4.69) is 17.2 Å². The molecule has 0 aliphatic carbocycles. The van der Waals surface area contributed by atoms with Crippen molar-refractivity contribution in [3.05, 3.63) is 0 Å². The van der Waals surface area contributed by atoms with Crippen molar-refractivity contribution in [2.75, 3.05) is 26.4 Å². The third-order valence-corrected chi connectivity index (χ3v) is 3.56. The van der Waals surface area contributed by atoms with Gasteiger partial charge in [-0.2, -0.15) is 0 Å². The summed E-state index contributed by atoms with van der Waals surface area (Å²) in [7, 11) is 0. The van der Waals surface area contributed by atoms with Gasteiger partial charge in [0.2, 0.25) is 5.91 Å². The zero-order valence-corrected chi connectivity index (χ0v) is 15.6. The van der Waals surface area contributed by atoms with Crippen molar-refractivity contribution in [2.45, 2.75) is 39.5 Å². The molecule has 22 heavy (non-hydrogen) atoms. The smallest absolute Gasteiger partial charge is 0.861 e. The number of urea groups is 1. The number of aliphatic imine (C=N–C) groups is 1. The monoisotopic (exact) mass is 322 g/mol. The fourth-order valence-electron chi connectivity index (χ4n) is 2.06. The summed E-state index contributed by atoms with van der Waals surface area (Å²) in [4.78, 5) is 26.3. The van der Waals surface area contributed by atoms with E-state index in [0.717, 1.165) is 12.8 Å². The standard InChI is InChI=1S/C14H24N2O5.Na/c1-3-5-7-20-9-10-21-8-6-14(4-2)11(17)15-13(19)16-12(14)18;/h3-10H2,1-2H3,(H2,15,16,17,18,19);/q;+1/p-1. The van der Waals surface area contributed by atoms with Crippen molar-refractivity contribution in [1.82, 2.24) is 5.32 Å². The van der Waals surface area contributed by atoms with E-state index in [1.165, 1.54) is 0 Å². The molecule has 1 N–H and O–H groups in total. The molecule has 8 heteroatoms. The molecule has 0 saturated carbocycles. The van der Waals surface area contributed by atoms with Gasteiger partial charge in [0.1, 0.15) is 0 Å². The summed E-state index contributed by atoms with van der Waals surface area (Å²) in [6, 6.07) is -0.890. The van der Waals surface area contributed by atoms with Crippen LogP contribution in [0.1, 0.15) is 39.5 Å². The van der Waals surface area contributed by atoms with Crippen molar-refractivity contribution in [3.63, 3.8) is 0 Å². The number of unbranched alkanes of at least 4 members (excludes halogenated alkanes) is 1. The van der Waals surface area contributed by atoms with Gasteiger partial charge in [0, 0.05) is 13.2 Å². The van der Waals surface area contributed by atoms with Gasteiger partial charge in [0.15, 0.2) is 0 Å². The number of hydrogen-bond donors (Lipinski definition) is 1. The first-order valence-corrected chi connectivity index (χ1v) is 7.34. The molecule has 1 aliphatic rings. The molecular formula is C14H23N2NaO5. The zero-order chi connectivity index (χ0) is 15.7. The number of rotatable bonds is 10. The second-order valence-electron chi connectivity index (χ2n) is 4.94. The maximum atomic E-state index is 11.9. The number of nitrogens with zero attached hydrogens (tertiary/aromatic N) is 1. The number of ether oxygens (including phenoxy) is 2. The van der Waals surface area contributed by atoms with Crippen LogP contribution in [0.2, 0.25) is 0 Å². The number of nitrogens with one attached hydrogen (secondary N) is 1. The van der Waals surface area contributed by atoms with E-state index in [0.29, 0.717) is 19.8 Å². The van der Waals surface area contributed by atoms with Gasteiger partial charge in [-0.15, -0.1) is 0 Å². The van der Waals surface area contributed by atoms with Crippen LogP contribution in [0.15, 0.2) is 4.99 Å². The van der Waals surface area contributed by atoms with Crippen LogP contribution in [0.3, 0.4) is 0 Å². The molecule has 0 saturated heterocycles. The van der Waals surface area contributed by atoms with Crippen LogP contribution >= 0.6 is 0 Å². The van der Waals surface area contributed by atoms with Gasteiger partial charge in [-0.05, 0) is 25.2 Å². The molecule has 0 aromatic carbocycles. The van der Waals surface area contributed by atoms with Crippen molar-refractivity contribution in [3.8, 4) is 0 Å². The van der Waals surface area contributed by atoms with Gasteiger partial charge in [0.05, 0.1) is 18.6 Å². The van der Waals surface area contributed by atoms with E-state index in [-0.39, 0.29) is 49.0 Å². The van der Waals surface area contributed by atoms with E-state index in [4.69, 9.17) is 9.47 Å². The van der Waals surface area contributed by atoms with E-state index in [1.807, 2.05) is 0 Å². The average Bonchev–Trinajstić information content (AvgIpc) is 2.44. The molecule has 1 atom stereocenters. The van der Waals surface area contributed by atoms with Crippen LogP contribution < -0.4 is 40.0 Å². The van der Waals surface area contributed by atoms with Crippen LogP contribution in [0.25, 0.3) is 0 Å². The van der Waals surface area contributed by atoms with E-state index >= 15 is 0 Å². The summed E-state index contributed by atoms with van der Waals surface area (Å²) < 4.78 is 10.7. The van der Waals surface area contributed by atoms with Crippen molar-refractivity contribution < 1.29 is 53.7 Å². The van der Waals surface area contributed by atoms with Crippen LogP contribution in [-0.4, -0.2) is 44.3 Å². The Labute approximate surface area is 153 Å². The molecular weight excluding hydrogens is 299 g/mol. The second-order valence-corrected chi connectivity index (χ2v) is 4.94. The summed E-state index contributed by atoms with van der Waals surface area (Å²) in [5.74, 6) is -1.26. The van der Waals surface area contributed by atoms with Crippen LogP contribution in [0, 0.1) is 5.41 Å². The molecule has 0 aromatic heterocycles. The molecule has 1 aliphatic heterocycles. The minimum absolute atomic E-state index is 0. The molecule has 7 nitrogen and oxygen atoms in total. The predicted molar refractivity (Wildman–Crippen MR) is 74.9 cm³/mol. The van der Waals surface area contributed by atoms with Gasteiger partial charge < -0.3 is 14.6 Å². The number of amides is 3. The van der Waals surface area contributed by atoms with E-state index < -0.39 is 23.3 Å². The fraction of sp³-hybridized carbons (Fsp3) is 0.786. The van der Waals surface area contributed by atoms with Gasteiger partial charge in [-0.3, -0.25) is 10.1 Å². The Balaban J connectivity index is 0.00000441. The minimum Gasteiger partial charge on any atom is -0.861 e. The van der Waals surface area contributed by atoms with Crippen LogP contribution in [-0.2, 0) is 14.3 Å². The van der Waals surface area contributed by atoms with Crippen molar-refractivity contribution in [2.24, 2.45) is 10.4 Å². The SMILES string of the molecule is CCCCOCCOCCC1(CC)C(=O)NC(=O)N=C1[O-].[Na+]. The Hall–Kier alpha value is -0.470. The first kappa shape index (κ1) is 21.5. The summed E-state index contributed by atoms with van der Waals surface area (Å²) in [5, 5.41) is 14.0. The predicted octanol–water partition coefficient (Wildman–Crippen LogP) is -2.38. The topological polar surface area (TPSA) is 100 Å². The second kappa shape index (κ2) is 11.1. The van der Waals surface area contributed by atoms with Crippen LogP contribution in [0.5, 0.6) is 0 Å². The van der Waals surface area contributed by atoms with Gasteiger partial charge >= 0.3 is 35.6 Å². The summed E-state index contributed by atoms with van der Waals surface area (Å²) >= 11 is 0. The Morgan fingerprint density at radius 1 is 1.14 bits per heavy atom. The van der Waals surface area contributed by atoms with Gasteiger partial charge in [-0.25, -0.2) is 9.79 Å². The van der Waals surface area contributed by atoms with Crippen molar-refractivity contribution in [1.29, 1.82) is 0 Å². The molecule has 0 fully saturated rings. The average molecular weight is 322 g/mol. The Kier molecular flexibility index (Phi) is 10.9. The Bertz CT molecular complexity index is 403. The van der Waals surface area contributed by atoms with Crippen LogP contribution in [0.4, 0.5) is 4.79 Å². The third-order valence-electron chi connectivity index (χ3n) is 3.56. The summed E-state index contributed by atoms with van der Waals surface area (Å²) in [6.07, 6.45) is 2.59. The molecule has 0 spiro atoms. The summed E-state index contributed by atoms with van der Waals surface area (Å²) in [6.45, 7) is 5.66. The molecule has 1 unspecified atom stereocenters. The molecule has 1 rings (SSSR count). The minimum atomic E-state index is -1.28. The molecule has 0 aromatic rings. The molecule has 120 valence electrons. The molecule has 0 radical (unpaired) electrons. The Morgan fingerprint density at radius 3 is 2.32 bits per heavy atom. The van der Waals surface area contributed by atoms with Gasteiger partial charge in [0.25, 0.3) is 0 Å². The maximum absolute atomic E-state index is 11.9. The van der Waals surface area contributed by atoms with E-state index in [1.54, 1.807) is 6.92 Å². The molecule has 3 amide bonds.